The van der Waals surface area contributed by atoms with Gasteiger partial charge in [0.2, 0.25) is 0 Å². The molecule has 0 saturated heterocycles. The highest BCUT2D eigenvalue weighted by molar-refractivity contribution is 9.10. The van der Waals surface area contributed by atoms with Crippen LogP contribution in [-0.2, 0) is 5.41 Å². The second-order valence-corrected chi connectivity index (χ2v) is 6.67. The average molecular weight is 315 g/mol. The van der Waals surface area contributed by atoms with E-state index in [1.54, 1.807) is 0 Å². The van der Waals surface area contributed by atoms with Crippen LogP contribution in [0.1, 0.15) is 37.5 Å². The number of rotatable bonds is 2. The molecular formula is C18H19Br. The van der Waals surface area contributed by atoms with Gasteiger partial charge in [-0.15, -0.1) is 0 Å². The van der Waals surface area contributed by atoms with E-state index in [2.05, 4.69) is 97.4 Å². The summed E-state index contributed by atoms with van der Waals surface area (Å²) in [7, 11) is 0. The van der Waals surface area contributed by atoms with Crippen LogP contribution in [0.2, 0.25) is 0 Å². The van der Waals surface area contributed by atoms with Crippen LogP contribution < -0.4 is 0 Å². The highest BCUT2D eigenvalue weighted by Gasteiger charge is 2.12. The summed E-state index contributed by atoms with van der Waals surface area (Å²) in [6.07, 6.45) is 4.29. The minimum atomic E-state index is 0.216. The molecule has 0 nitrogen and oxygen atoms in total. The number of hydrogen-bond donors (Lipinski definition) is 0. The van der Waals surface area contributed by atoms with Gasteiger partial charge < -0.3 is 0 Å². The zero-order valence-electron chi connectivity index (χ0n) is 11.7. The molecule has 1 heteroatoms. The van der Waals surface area contributed by atoms with Crippen LogP contribution in [0.25, 0.3) is 12.2 Å². The Bertz CT molecular complexity index is 554. The summed E-state index contributed by atoms with van der Waals surface area (Å²) < 4.78 is 1.11. The summed E-state index contributed by atoms with van der Waals surface area (Å²) in [5.41, 5.74) is 4.03. The van der Waals surface area contributed by atoms with Crippen molar-refractivity contribution < 1.29 is 0 Å². The van der Waals surface area contributed by atoms with Gasteiger partial charge in [-0.05, 0) is 34.2 Å². The van der Waals surface area contributed by atoms with Crippen molar-refractivity contribution >= 4 is 28.1 Å². The molecule has 0 amide bonds. The van der Waals surface area contributed by atoms with Crippen LogP contribution in [0, 0.1) is 0 Å². The SMILES string of the molecule is CC(C)(C)c1ccc(/C=C/c2ccc(Br)cc2)cc1. The minimum Gasteiger partial charge on any atom is -0.0579 e. The molecule has 0 bridgehead atoms. The average Bonchev–Trinajstić information content (AvgIpc) is 2.37. The van der Waals surface area contributed by atoms with E-state index in [4.69, 9.17) is 0 Å². The maximum Gasteiger partial charge on any atom is 0.0175 e. The second-order valence-electron chi connectivity index (χ2n) is 5.76. The van der Waals surface area contributed by atoms with Crippen LogP contribution >= 0.6 is 15.9 Å². The molecule has 0 N–H and O–H groups in total. The van der Waals surface area contributed by atoms with Crippen molar-refractivity contribution in [2.75, 3.05) is 0 Å². The van der Waals surface area contributed by atoms with Gasteiger partial charge in [0.05, 0.1) is 0 Å². The summed E-state index contributed by atoms with van der Waals surface area (Å²) in [6, 6.07) is 17.1. The van der Waals surface area contributed by atoms with Gasteiger partial charge in [0.15, 0.2) is 0 Å². The molecule has 0 aliphatic rings. The lowest BCUT2D eigenvalue weighted by atomic mass is 9.87. The highest BCUT2D eigenvalue weighted by atomic mass is 79.9. The Kier molecular flexibility index (Phi) is 4.26. The van der Waals surface area contributed by atoms with E-state index in [-0.39, 0.29) is 5.41 Å². The molecule has 0 spiro atoms. The van der Waals surface area contributed by atoms with Crippen molar-refractivity contribution in [2.45, 2.75) is 26.2 Å². The second kappa shape index (κ2) is 5.75. The van der Waals surface area contributed by atoms with Crippen molar-refractivity contribution in [1.82, 2.24) is 0 Å². The molecule has 0 radical (unpaired) electrons. The first-order chi connectivity index (χ1) is 8.95. The zero-order valence-corrected chi connectivity index (χ0v) is 13.2. The summed E-state index contributed by atoms with van der Waals surface area (Å²) >= 11 is 3.44. The predicted molar refractivity (Wildman–Crippen MR) is 88.2 cm³/mol. The van der Waals surface area contributed by atoms with Gasteiger partial charge >= 0.3 is 0 Å². The van der Waals surface area contributed by atoms with Crippen LogP contribution in [0.5, 0.6) is 0 Å². The Morgan fingerprint density at radius 3 is 1.58 bits per heavy atom. The Labute approximate surface area is 124 Å². The lowest BCUT2D eigenvalue weighted by Gasteiger charge is -2.18. The molecule has 0 aliphatic carbocycles. The first-order valence-electron chi connectivity index (χ1n) is 6.49. The molecular weight excluding hydrogens is 296 g/mol. The fraction of sp³-hybridized carbons (Fsp3) is 0.222. The van der Waals surface area contributed by atoms with E-state index in [9.17, 15) is 0 Å². The predicted octanol–water partition coefficient (Wildman–Crippen LogP) is 5.92. The van der Waals surface area contributed by atoms with Gasteiger partial charge in [0, 0.05) is 4.47 Å². The molecule has 98 valence electrons. The van der Waals surface area contributed by atoms with E-state index in [1.165, 1.54) is 16.7 Å². The fourth-order valence-corrected chi connectivity index (χ4v) is 2.12. The van der Waals surface area contributed by atoms with Crippen molar-refractivity contribution in [3.05, 3.63) is 69.7 Å². The molecule has 19 heavy (non-hydrogen) atoms. The molecule has 2 aromatic carbocycles. The summed E-state index contributed by atoms with van der Waals surface area (Å²) in [5.74, 6) is 0. The van der Waals surface area contributed by atoms with Crippen molar-refractivity contribution in [3.8, 4) is 0 Å². The summed E-state index contributed by atoms with van der Waals surface area (Å²) in [6.45, 7) is 6.71. The quantitative estimate of drug-likeness (QED) is 0.604. The number of halogens is 1. The Hall–Kier alpha value is -1.34. The molecule has 0 aliphatic heterocycles. The molecule has 0 heterocycles. The maximum absolute atomic E-state index is 3.44. The third kappa shape index (κ3) is 4.07. The minimum absolute atomic E-state index is 0.216. The fourth-order valence-electron chi connectivity index (χ4n) is 1.86. The van der Waals surface area contributed by atoms with E-state index < -0.39 is 0 Å². The van der Waals surface area contributed by atoms with Crippen LogP contribution in [0.4, 0.5) is 0 Å². The molecule has 0 unspecified atom stereocenters. The topological polar surface area (TPSA) is 0 Å². The first-order valence-corrected chi connectivity index (χ1v) is 7.29. The van der Waals surface area contributed by atoms with Crippen molar-refractivity contribution in [3.63, 3.8) is 0 Å². The highest BCUT2D eigenvalue weighted by Crippen LogP contribution is 2.22. The molecule has 0 atom stereocenters. The lowest BCUT2D eigenvalue weighted by molar-refractivity contribution is 0.590. The number of hydrogen-bond acceptors (Lipinski definition) is 0. The van der Waals surface area contributed by atoms with Crippen LogP contribution in [-0.4, -0.2) is 0 Å². The molecule has 0 fully saturated rings. The van der Waals surface area contributed by atoms with Gasteiger partial charge in [-0.3, -0.25) is 0 Å². The molecule has 2 rings (SSSR count). The lowest BCUT2D eigenvalue weighted by Crippen LogP contribution is -2.10. The third-order valence-corrected chi connectivity index (χ3v) is 3.64. The van der Waals surface area contributed by atoms with E-state index in [0.717, 1.165) is 4.47 Å². The Morgan fingerprint density at radius 2 is 1.16 bits per heavy atom. The summed E-state index contributed by atoms with van der Waals surface area (Å²) in [4.78, 5) is 0. The monoisotopic (exact) mass is 314 g/mol. The van der Waals surface area contributed by atoms with Gasteiger partial charge in [0.1, 0.15) is 0 Å². The van der Waals surface area contributed by atoms with Crippen molar-refractivity contribution in [2.24, 2.45) is 0 Å². The Balaban J connectivity index is 2.13. The summed E-state index contributed by atoms with van der Waals surface area (Å²) in [5, 5.41) is 0. The Morgan fingerprint density at radius 1 is 0.737 bits per heavy atom. The molecule has 0 aromatic heterocycles. The smallest absolute Gasteiger partial charge is 0.0175 e. The maximum atomic E-state index is 3.44. The zero-order chi connectivity index (χ0) is 13.9. The van der Waals surface area contributed by atoms with E-state index >= 15 is 0 Å². The van der Waals surface area contributed by atoms with Gasteiger partial charge in [-0.2, -0.15) is 0 Å². The van der Waals surface area contributed by atoms with Crippen LogP contribution in [0.15, 0.2) is 53.0 Å². The number of benzene rings is 2. The molecule has 2 aromatic rings. The first kappa shape index (κ1) is 14.1. The molecule has 0 saturated carbocycles. The van der Waals surface area contributed by atoms with E-state index in [0.29, 0.717) is 0 Å². The van der Waals surface area contributed by atoms with Crippen molar-refractivity contribution in [1.29, 1.82) is 0 Å². The van der Waals surface area contributed by atoms with Crippen LogP contribution in [0.3, 0.4) is 0 Å². The normalized spacial score (nSPS) is 12.0. The largest absolute Gasteiger partial charge is 0.0579 e. The van der Waals surface area contributed by atoms with Gasteiger partial charge in [0.25, 0.3) is 0 Å². The third-order valence-electron chi connectivity index (χ3n) is 3.11. The standard InChI is InChI=1S/C18H19Br/c1-18(2,3)16-10-6-14(7-11-16)4-5-15-8-12-17(19)13-9-15/h4-13H,1-3H3/b5-4+. The van der Waals surface area contributed by atoms with E-state index in [1.807, 2.05) is 0 Å². The van der Waals surface area contributed by atoms with Gasteiger partial charge in [-0.25, -0.2) is 0 Å². The van der Waals surface area contributed by atoms with Gasteiger partial charge in [-0.1, -0.05) is 85.3 Å².